The molecule has 1 aromatic carbocycles. The molecule has 0 spiro atoms. The van der Waals surface area contributed by atoms with Gasteiger partial charge in [0.05, 0.1) is 6.21 Å². The zero-order valence-electron chi connectivity index (χ0n) is 12.3. The van der Waals surface area contributed by atoms with Gasteiger partial charge in [0.25, 0.3) is 11.5 Å². The summed E-state index contributed by atoms with van der Waals surface area (Å²) in [5.41, 5.74) is -0.420. The zero-order chi connectivity index (χ0) is 15.7. The van der Waals surface area contributed by atoms with Crippen LogP contribution in [0.1, 0.15) is 32.3 Å². The van der Waals surface area contributed by atoms with Crippen molar-refractivity contribution < 1.29 is 9.63 Å². The topological polar surface area (TPSA) is 41.9 Å². The number of carbonyl (C=O) groups is 1. The Bertz CT molecular complexity index is 474. The number of alkyl halides is 1. The fraction of sp³-hybridized carbons (Fsp3) is 0.467. The third kappa shape index (κ3) is 5.94. The summed E-state index contributed by atoms with van der Waals surface area (Å²) in [4.78, 5) is 18.8. The van der Waals surface area contributed by atoms with Crippen LogP contribution in [0.3, 0.4) is 0 Å². The maximum Gasteiger partial charge on any atom is 0.282 e. The summed E-state index contributed by atoms with van der Waals surface area (Å²) in [6.07, 6.45) is 3.19. The third-order valence-electron chi connectivity index (χ3n) is 2.74. The molecular weight excluding hydrogens is 311 g/mol. The van der Waals surface area contributed by atoms with Gasteiger partial charge in [0.1, 0.15) is 0 Å². The van der Waals surface area contributed by atoms with E-state index in [0.29, 0.717) is 23.7 Å². The summed E-state index contributed by atoms with van der Waals surface area (Å²) < 4.78 is 0. The average molecular weight is 331 g/mol. The highest BCUT2D eigenvalue weighted by Gasteiger charge is 2.22. The van der Waals surface area contributed by atoms with Crippen LogP contribution in [0, 0.1) is 0 Å². The summed E-state index contributed by atoms with van der Waals surface area (Å²) >= 11 is 11.9. The van der Waals surface area contributed by atoms with E-state index in [9.17, 15) is 4.79 Å². The SMILES string of the molecule is CCCN(CCC)C(=O)C(Cl)ON=Cc1ccccc1Cl. The van der Waals surface area contributed by atoms with Gasteiger partial charge in [-0.25, -0.2) is 0 Å². The molecule has 4 nitrogen and oxygen atoms in total. The molecule has 0 aromatic heterocycles. The molecule has 116 valence electrons. The summed E-state index contributed by atoms with van der Waals surface area (Å²) in [5.74, 6) is -0.267. The van der Waals surface area contributed by atoms with Crippen LogP contribution in [0.15, 0.2) is 29.4 Å². The molecule has 0 aliphatic heterocycles. The number of halogens is 2. The Hall–Kier alpha value is -1.26. The van der Waals surface area contributed by atoms with Crippen molar-refractivity contribution >= 4 is 35.3 Å². The van der Waals surface area contributed by atoms with Gasteiger partial charge in [-0.2, -0.15) is 0 Å². The molecule has 0 heterocycles. The second-order valence-corrected chi connectivity index (χ2v) is 5.31. The van der Waals surface area contributed by atoms with E-state index < -0.39 is 5.56 Å². The molecule has 0 aliphatic rings. The second-order valence-electron chi connectivity index (χ2n) is 4.50. The van der Waals surface area contributed by atoms with Crippen molar-refractivity contribution in [3.63, 3.8) is 0 Å². The summed E-state index contributed by atoms with van der Waals surface area (Å²) in [7, 11) is 0. The van der Waals surface area contributed by atoms with E-state index in [-0.39, 0.29) is 5.91 Å². The molecule has 1 unspecified atom stereocenters. The van der Waals surface area contributed by atoms with Crippen LogP contribution in [-0.4, -0.2) is 35.7 Å². The lowest BCUT2D eigenvalue weighted by Crippen LogP contribution is -2.38. The molecule has 0 aliphatic carbocycles. The number of hydrogen-bond acceptors (Lipinski definition) is 3. The fourth-order valence-electron chi connectivity index (χ4n) is 1.78. The third-order valence-corrected chi connectivity index (χ3v) is 3.35. The van der Waals surface area contributed by atoms with Crippen LogP contribution in [0.4, 0.5) is 0 Å². The molecule has 0 radical (unpaired) electrons. The number of oxime groups is 1. The smallest absolute Gasteiger partial charge is 0.282 e. The molecule has 0 saturated heterocycles. The van der Waals surface area contributed by atoms with E-state index in [4.69, 9.17) is 28.0 Å². The molecule has 0 N–H and O–H groups in total. The highest BCUT2D eigenvalue weighted by Crippen LogP contribution is 2.13. The Labute approximate surface area is 135 Å². The molecule has 0 fully saturated rings. The number of benzene rings is 1. The van der Waals surface area contributed by atoms with Crippen LogP contribution < -0.4 is 0 Å². The number of carbonyl (C=O) groups excluding carboxylic acids is 1. The van der Waals surface area contributed by atoms with Gasteiger partial charge in [-0.15, -0.1) is 0 Å². The fourth-order valence-corrected chi connectivity index (χ4v) is 2.15. The molecule has 6 heteroatoms. The minimum absolute atomic E-state index is 0.267. The highest BCUT2D eigenvalue weighted by atomic mass is 35.5. The van der Waals surface area contributed by atoms with Gasteiger partial charge in [0, 0.05) is 23.7 Å². The van der Waals surface area contributed by atoms with Gasteiger partial charge >= 0.3 is 0 Å². The summed E-state index contributed by atoms with van der Waals surface area (Å²) in [6.45, 7) is 5.34. The zero-order valence-corrected chi connectivity index (χ0v) is 13.8. The maximum atomic E-state index is 12.1. The molecule has 1 aromatic rings. The molecule has 0 saturated carbocycles. The quantitative estimate of drug-likeness (QED) is 0.412. The van der Waals surface area contributed by atoms with Crippen molar-refractivity contribution in [3.05, 3.63) is 34.9 Å². The maximum absolute atomic E-state index is 12.1. The van der Waals surface area contributed by atoms with Crippen molar-refractivity contribution in [1.82, 2.24) is 4.90 Å². The molecule has 1 rings (SSSR count). The Morgan fingerprint density at radius 1 is 1.33 bits per heavy atom. The van der Waals surface area contributed by atoms with Gasteiger partial charge in [0.2, 0.25) is 0 Å². The van der Waals surface area contributed by atoms with E-state index in [0.717, 1.165) is 12.8 Å². The van der Waals surface area contributed by atoms with Crippen LogP contribution in [0.2, 0.25) is 5.02 Å². The second kappa shape index (κ2) is 9.64. The monoisotopic (exact) mass is 330 g/mol. The number of nitrogens with zero attached hydrogens (tertiary/aromatic N) is 2. The van der Waals surface area contributed by atoms with Gasteiger partial charge in [-0.1, -0.05) is 60.4 Å². The average Bonchev–Trinajstić information content (AvgIpc) is 2.48. The van der Waals surface area contributed by atoms with Gasteiger partial charge in [0.15, 0.2) is 0 Å². The largest absolute Gasteiger partial charge is 0.366 e. The van der Waals surface area contributed by atoms with Gasteiger partial charge in [-0.3, -0.25) is 4.79 Å². The molecular formula is C15H20Cl2N2O2. The van der Waals surface area contributed by atoms with E-state index in [1.165, 1.54) is 6.21 Å². The van der Waals surface area contributed by atoms with Crippen LogP contribution >= 0.6 is 23.2 Å². The number of hydrogen-bond donors (Lipinski definition) is 0. The highest BCUT2D eigenvalue weighted by molar-refractivity contribution is 6.33. The Morgan fingerprint density at radius 2 is 1.95 bits per heavy atom. The standard InChI is InChI=1S/C15H20Cl2N2O2/c1-3-9-19(10-4-2)15(20)14(17)21-18-11-12-7-5-6-8-13(12)16/h5-8,11,14H,3-4,9-10H2,1-2H3. The van der Waals surface area contributed by atoms with Crippen LogP contribution in [0.5, 0.6) is 0 Å². The van der Waals surface area contributed by atoms with Gasteiger partial charge < -0.3 is 9.74 Å². The minimum atomic E-state index is -1.12. The lowest BCUT2D eigenvalue weighted by molar-refractivity contribution is -0.138. The predicted octanol–water partition coefficient (Wildman–Crippen LogP) is 3.90. The summed E-state index contributed by atoms with van der Waals surface area (Å²) in [6, 6.07) is 7.19. The van der Waals surface area contributed by atoms with E-state index >= 15 is 0 Å². The van der Waals surface area contributed by atoms with Crippen molar-refractivity contribution in [2.75, 3.05) is 13.1 Å². The normalized spacial score (nSPS) is 12.4. The van der Waals surface area contributed by atoms with E-state index in [1.54, 1.807) is 17.0 Å². The first-order chi connectivity index (χ1) is 10.1. The predicted molar refractivity (Wildman–Crippen MR) is 86.9 cm³/mol. The van der Waals surface area contributed by atoms with Crippen LogP contribution in [0.25, 0.3) is 0 Å². The molecule has 1 amide bonds. The van der Waals surface area contributed by atoms with E-state index in [2.05, 4.69) is 5.16 Å². The number of rotatable bonds is 8. The molecule has 21 heavy (non-hydrogen) atoms. The van der Waals surface area contributed by atoms with Crippen LogP contribution in [-0.2, 0) is 9.63 Å². The molecule has 0 bridgehead atoms. The Kier molecular flexibility index (Phi) is 8.16. The first kappa shape index (κ1) is 17.8. The van der Waals surface area contributed by atoms with Gasteiger partial charge in [-0.05, 0) is 18.9 Å². The first-order valence-electron chi connectivity index (χ1n) is 6.96. The van der Waals surface area contributed by atoms with E-state index in [1.807, 2.05) is 26.0 Å². The molecule has 1 atom stereocenters. The number of amides is 1. The van der Waals surface area contributed by atoms with Crippen molar-refractivity contribution in [2.24, 2.45) is 5.16 Å². The lowest BCUT2D eigenvalue weighted by atomic mass is 10.2. The Balaban J connectivity index is 2.57. The Morgan fingerprint density at radius 3 is 2.52 bits per heavy atom. The summed E-state index contributed by atoms with van der Waals surface area (Å²) in [5, 5.41) is 4.29. The lowest BCUT2D eigenvalue weighted by Gasteiger charge is -2.22. The van der Waals surface area contributed by atoms with Crippen molar-refractivity contribution in [3.8, 4) is 0 Å². The van der Waals surface area contributed by atoms with Crippen molar-refractivity contribution in [1.29, 1.82) is 0 Å². The minimum Gasteiger partial charge on any atom is -0.366 e. The first-order valence-corrected chi connectivity index (χ1v) is 7.78. The van der Waals surface area contributed by atoms with Crippen molar-refractivity contribution in [2.45, 2.75) is 32.3 Å².